The smallest absolute Gasteiger partial charge is 0.290 e. The van der Waals surface area contributed by atoms with Crippen LogP contribution in [-0.2, 0) is 11.4 Å². The summed E-state index contributed by atoms with van der Waals surface area (Å²) in [5.41, 5.74) is 2.19. The van der Waals surface area contributed by atoms with Gasteiger partial charge in [0.1, 0.15) is 17.9 Å². The third-order valence-electron chi connectivity index (χ3n) is 6.10. The van der Waals surface area contributed by atoms with Gasteiger partial charge in [0.25, 0.3) is 5.91 Å². The number of hydrogen-bond acceptors (Lipinski definition) is 5. The van der Waals surface area contributed by atoms with Crippen LogP contribution in [0.25, 0.3) is 11.0 Å². The van der Waals surface area contributed by atoms with Crippen LogP contribution in [-0.4, -0.2) is 54.3 Å². The Morgan fingerprint density at radius 3 is 2.23 bits per heavy atom. The van der Waals surface area contributed by atoms with Crippen molar-refractivity contribution in [2.45, 2.75) is 6.61 Å². The zero-order valence-electron chi connectivity index (χ0n) is 19.4. The van der Waals surface area contributed by atoms with E-state index in [1.807, 2.05) is 84.9 Å². The average molecular weight is 470 g/mol. The average Bonchev–Trinajstić information content (AvgIpc) is 3.27. The van der Waals surface area contributed by atoms with Gasteiger partial charge in [-0.05, 0) is 30.3 Å². The molecule has 35 heavy (non-hydrogen) atoms. The minimum Gasteiger partial charge on any atom is -0.489 e. The number of nitrogens with one attached hydrogen (secondary N) is 1. The van der Waals surface area contributed by atoms with Gasteiger partial charge < -0.3 is 19.4 Å². The van der Waals surface area contributed by atoms with Gasteiger partial charge in [0.05, 0.1) is 6.54 Å². The van der Waals surface area contributed by atoms with Crippen LogP contribution in [0, 0.1) is 0 Å². The lowest BCUT2D eigenvalue weighted by Gasteiger charge is -2.34. The Bertz CT molecular complexity index is 1300. The standard InChI is InChI=1S/C28H27N3O4/c32-26(29-21-9-3-1-4-10-21)19-30-15-17-31(18-16-30)28(33)27-24(20-34-22-11-5-2-6-12-22)23-13-7-8-14-25(23)35-27/h1-14H,15-20H2,(H,29,32). The lowest BCUT2D eigenvalue weighted by molar-refractivity contribution is -0.117. The van der Waals surface area contributed by atoms with Gasteiger partial charge in [0, 0.05) is 42.8 Å². The molecule has 1 saturated heterocycles. The van der Waals surface area contributed by atoms with Crippen molar-refractivity contribution < 1.29 is 18.7 Å². The fourth-order valence-corrected chi connectivity index (χ4v) is 4.26. The number of piperazine rings is 1. The fraction of sp³-hybridized carbons (Fsp3) is 0.214. The van der Waals surface area contributed by atoms with Crippen molar-refractivity contribution >= 4 is 28.5 Å². The molecule has 7 nitrogen and oxygen atoms in total. The monoisotopic (exact) mass is 469 g/mol. The molecule has 4 aromatic rings. The zero-order valence-corrected chi connectivity index (χ0v) is 19.4. The maximum Gasteiger partial charge on any atom is 0.290 e. The van der Waals surface area contributed by atoms with E-state index in [1.54, 1.807) is 4.90 Å². The summed E-state index contributed by atoms with van der Waals surface area (Å²) in [6, 6.07) is 26.6. The van der Waals surface area contributed by atoms with Gasteiger partial charge in [-0.25, -0.2) is 0 Å². The second kappa shape index (κ2) is 10.4. The van der Waals surface area contributed by atoms with Crippen LogP contribution in [0.2, 0.25) is 0 Å². The molecule has 0 saturated carbocycles. The van der Waals surface area contributed by atoms with Gasteiger partial charge in [-0.1, -0.05) is 54.6 Å². The maximum atomic E-state index is 13.5. The normalized spacial score (nSPS) is 14.1. The molecule has 3 aromatic carbocycles. The Labute approximate surface area is 203 Å². The lowest BCUT2D eigenvalue weighted by Crippen LogP contribution is -2.50. The van der Waals surface area contributed by atoms with Crippen molar-refractivity contribution in [2.24, 2.45) is 0 Å². The van der Waals surface area contributed by atoms with Crippen LogP contribution in [0.3, 0.4) is 0 Å². The van der Waals surface area contributed by atoms with Crippen LogP contribution in [0.15, 0.2) is 89.3 Å². The Morgan fingerprint density at radius 1 is 0.829 bits per heavy atom. The predicted octanol–water partition coefficient (Wildman–Crippen LogP) is 4.41. The summed E-state index contributed by atoms with van der Waals surface area (Å²) in [4.78, 5) is 29.7. The molecule has 1 fully saturated rings. The molecule has 0 atom stereocenters. The van der Waals surface area contributed by atoms with E-state index in [2.05, 4.69) is 10.2 Å². The number of hydrogen-bond donors (Lipinski definition) is 1. The van der Waals surface area contributed by atoms with Crippen LogP contribution < -0.4 is 10.1 Å². The number of nitrogens with zero attached hydrogens (tertiary/aromatic N) is 2. The molecule has 5 rings (SSSR count). The van der Waals surface area contributed by atoms with Gasteiger partial charge >= 0.3 is 0 Å². The number of para-hydroxylation sites is 3. The van der Waals surface area contributed by atoms with Crippen molar-refractivity contribution in [2.75, 3.05) is 38.0 Å². The summed E-state index contributed by atoms with van der Waals surface area (Å²) in [5, 5.41) is 3.79. The highest BCUT2D eigenvalue weighted by atomic mass is 16.5. The van der Waals surface area contributed by atoms with Crippen molar-refractivity contribution in [1.29, 1.82) is 0 Å². The second-order valence-corrected chi connectivity index (χ2v) is 8.49. The van der Waals surface area contributed by atoms with E-state index in [9.17, 15) is 9.59 Å². The summed E-state index contributed by atoms with van der Waals surface area (Å²) in [6.07, 6.45) is 0. The maximum absolute atomic E-state index is 13.5. The first kappa shape index (κ1) is 22.7. The van der Waals surface area contributed by atoms with Gasteiger partial charge in [0.2, 0.25) is 5.91 Å². The fourth-order valence-electron chi connectivity index (χ4n) is 4.26. The van der Waals surface area contributed by atoms with Crippen LogP contribution >= 0.6 is 0 Å². The topological polar surface area (TPSA) is 75.0 Å². The number of carbonyl (C=O) groups excluding carboxylic acids is 2. The summed E-state index contributed by atoms with van der Waals surface area (Å²) < 4.78 is 12.0. The molecule has 0 unspecified atom stereocenters. The number of furan rings is 1. The van der Waals surface area contributed by atoms with E-state index >= 15 is 0 Å². The Kier molecular flexibility index (Phi) is 6.77. The van der Waals surface area contributed by atoms with Crippen molar-refractivity contribution in [1.82, 2.24) is 9.80 Å². The number of carbonyl (C=O) groups is 2. The van der Waals surface area contributed by atoms with Crippen molar-refractivity contribution in [3.8, 4) is 5.75 Å². The van der Waals surface area contributed by atoms with Crippen LogP contribution in [0.1, 0.15) is 16.1 Å². The first-order valence-electron chi connectivity index (χ1n) is 11.7. The summed E-state index contributed by atoms with van der Waals surface area (Å²) in [6.45, 7) is 2.80. The Morgan fingerprint density at radius 2 is 1.49 bits per heavy atom. The largest absolute Gasteiger partial charge is 0.489 e. The minimum atomic E-state index is -0.152. The molecular weight excluding hydrogens is 442 g/mol. The van der Waals surface area contributed by atoms with E-state index in [0.717, 1.165) is 22.4 Å². The number of anilines is 1. The number of amides is 2. The number of rotatable bonds is 7. The molecule has 0 bridgehead atoms. The highest BCUT2D eigenvalue weighted by molar-refractivity contribution is 5.99. The molecule has 7 heteroatoms. The SMILES string of the molecule is O=C(CN1CCN(C(=O)c2oc3ccccc3c2COc2ccccc2)CC1)Nc1ccccc1. The molecule has 1 aromatic heterocycles. The van der Waals surface area contributed by atoms with E-state index in [0.29, 0.717) is 37.5 Å². The van der Waals surface area contributed by atoms with E-state index in [1.165, 1.54) is 0 Å². The highest BCUT2D eigenvalue weighted by Crippen LogP contribution is 2.28. The summed E-state index contributed by atoms with van der Waals surface area (Å²) in [5.74, 6) is 0.839. The number of fused-ring (bicyclic) bond motifs is 1. The first-order chi connectivity index (χ1) is 17.2. The quantitative estimate of drug-likeness (QED) is 0.434. The second-order valence-electron chi connectivity index (χ2n) is 8.49. The molecular formula is C28H27N3O4. The van der Waals surface area contributed by atoms with E-state index in [-0.39, 0.29) is 25.0 Å². The Balaban J connectivity index is 1.24. The third-order valence-corrected chi connectivity index (χ3v) is 6.10. The Hall–Kier alpha value is -4.10. The lowest BCUT2D eigenvalue weighted by atomic mass is 10.1. The molecule has 1 aliphatic rings. The highest BCUT2D eigenvalue weighted by Gasteiger charge is 2.28. The number of ether oxygens (including phenoxy) is 1. The zero-order chi connectivity index (χ0) is 24.0. The van der Waals surface area contributed by atoms with Crippen molar-refractivity contribution in [3.63, 3.8) is 0 Å². The van der Waals surface area contributed by atoms with Gasteiger partial charge in [-0.2, -0.15) is 0 Å². The molecule has 0 radical (unpaired) electrons. The van der Waals surface area contributed by atoms with Gasteiger partial charge in [0.15, 0.2) is 5.76 Å². The summed E-state index contributed by atoms with van der Waals surface area (Å²) >= 11 is 0. The van der Waals surface area contributed by atoms with E-state index < -0.39 is 0 Å². The van der Waals surface area contributed by atoms with Crippen molar-refractivity contribution in [3.05, 3.63) is 96.3 Å². The van der Waals surface area contributed by atoms with Crippen LogP contribution in [0.4, 0.5) is 5.69 Å². The third kappa shape index (κ3) is 5.36. The molecule has 1 aliphatic heterocycles. The molecule has 2 amide bonds. The molecule has 178 valence electrons. The molecule has 2 heterocycles. The molecule has 1 N–H and O–H groups in total. The molecule has 0 aliphatic carbocycles. The van der Waals surface area contributed by atoms with Crippen LogP contribution in [0.5, 0.6) is 5.75 Å². The number of benzene rings is 3. The summed E-state index contributed by atoms with van der Waals surface area (Å²) in [7, 11) is 0. The van der Waals surface area contributed by atoms with Gasteiger partial charge in [-0.15, -0.1) is 0 Å². The van der Waals surface area contributed by atoms with E-state index in [4.69, 9.17) is 9.15 Å². The predicted molar refractivity (Wildman–Crippen MR) is 134 cm³/mol. The van der Waals surface area contributed by atoms with Gasteiger partial charge in [-0.3, -0.25) is 14.5 Å². The minimum absolute atomic E-state index is 0.0615. The molecule has 0 spiro atoms. The first-order valence-corrected chi connectivity index (χ1v) is 11.7.